The van der Waals surface area contributed by atoms with Crippen molar-refractivity contribution in [3.8, 4) is 6.07 Å². The van der Waals surface area contributed by atoms with E-state index in [4.69, 9.17) is 11.0 Å². The molecule has 0 spiro atoms. The Morgan fingerprint density at radius 1 is 1.11 bits per heavy atom. The van der Waals surface area contributed by atoms with Crippen LogP contribution >= 0.6 is 0 Å². The Balaban J connectivity index is 2.22. The van der Waals surface area contributed by atoms with Gasteiger partial charge in [-0.2, -0.15) is 5.26 Å². The van der Waals surface area contributed by atoms with Gasteiger partial charge in [0.25, 0.3) is 0 Å². The van der Waals surface area contributed by atoms with Crippen LogP contribution in [-0.4, -0.2) is 4.21 Å². The fourth-order valence-electron chi connectivity index (χ4n) is 1.60. The van der Waals surface area contributed by atoms with Crippen LogP contribution in [0.2, 0.25) is 0 Å². The first-order valence-electron chi connectivity index (χ1n) is 5.42. The number of benzene rings is 2. The van der Waals surface area contributed by atoms with E-state index in [1.165, 1.54) is 0 Å². The van der Waals surface area contributed by atoms with Crippen LogP contribution in [0, 0.1) is 11.3 Å². The molecule has 1 atom stereocenters. The van der Waals surface area contributed by atoms with Crippen molar-refractivity contribution in [1.29, 1.82) is 5.26 Å². The zero-order valence-corrected chi connectivity index (χ0v) is 10.5. The van der Waals surface area contributed by atoms with Crippen LogP contribution in [0.3, 0.4) is 0 Å². The number of anilines is 1. The molecule has 0 heterocycles. The van der Waals surface area contributed by atoms with E-state index in [0.717, 1.165) is 10.5 Å². The van der Waals surface area contributed by atoms with Crippen molar-refractivity contribution in [1.82, 2.24) is 0 Å². The predicted molar refractivity (Wildman–Crippen MR) is 72.1 cm³/mol. The molecule has 0 aliphatic heterocycles. The van der Waals surface area contributed by atoms with E-state index in [0.29, 0.717) is 17.0 Å². The second kappa shape index (κ2) is 5.48. The molecule has 2 aromatic rings. The van der Waals surface area contributed by atoms with E-state index in [2.05, 4.69) is 6.07 Å². The largest absolute Gasteiger partial charge is 0.399 e. The van der Waals surface area contributed by atoms with Crippen LogP contribution in [0.25, 0.3) is 0 Å². The van der Waals surface area contributed by atoms with E-state index in [1.54, 1.807) is 36.4 Å². The lowest BCUT2D eigenvalue weighted by molar-refractivity contribution is 0.682. The summed E-state index contributed by atoms with van der Waals surface area (Å²) in [5, 5.41) is 8.97. The average Bonchev–Trinajstić information content (AvgIpc) is 2.40. The number of rotatable bonds is 3. The number of nitrogen functional groups attached to an aromatic ring is 1. The SMILES string of the molecule is N#Cc1ccccc1CS(=O)c1ccc(N)cc1. The molecule has 0 bridgehead atoms. The molecule has 18 heavy (non-hydrogen) atoms. The molecule has 90 valence electrons. The van der Waals surface area contributed by atoms with Crippen molar-refractivity contribution in [2.24, 2.45) is 0 Å². The van der Waals surface area contributed by atoms with Gasteiger partial charge in [-0.15, -0.1) is 0 Å². The van der Waals surface area contributed by atoms with Gasteiger partial charge in [-0.3, -0.25) is 4.21 Å². The predicted octanol–water partition coefficient (Wildman–Crippen LogP) is 2.45. The van der Waals surface area contributed by atoms with Crippen molar-refractivity contribution >= 4 is 16.5 Å². The summed E-state index contributed by atoms with van der Waals surface area (Å²) in [6, 6.07) is 16.3. The van der Waals surface area contributed by atoms with Crippen LogP contribution in [-0.2, 0) is 16.6 Å². The summed E-state index contributed by atoms with van der Waals surface area (Å²) >= 11 is 0. The molecule has 3 nitrogen and oxygen atoms in total. The minimum atomic E-state index is -1.16. The average molecular weight is 256 g/mol. The fraction of sp³-hybridized carbons (Fsp3) is 0.0714. The lowest BCUT2D eigenvalue weighted by Gasteiger charge is -2.04. The molecule has 0 aliphatic carbocycles. The monoisotopic (exact) mass is 256 g/mol. The maximum absolute atomic E-state index is 12.2. The zero-order chi connectivity index (χ0) is 13.0. The molecule has 0 aliphatic rings. The summed E-state index contributed by atoms with van der Waals surface area (Å²) in [6.45, 7) is 0. The van der Waals surface area contributed by atoms with Gasteiger partial charge < -0.3 is 5.73 Å². The first kappa shape index (κ1) is 12.3. The van der Waals surface area contributed by atoms with Gasteiger partial charge in [0.05, 0.1) is 28.2 Å². The molecule has 0 radical (unpaired) electrons. The number of hydrogen-bond donors (Lipinski definition) is 1. The Labute approximate surface area is 108 Å². The van der Waals surface area contributed by atoms with E-state index in [1.807, 2.05) is 12.1 Å². The molecular weight excluding hydrogens is 244 g/mol. The summed E-state index contributed by atoms with van der Waals surface area (Å²) in [5.74, 6) is 0.341. The summed E-state index contributed by atoms with van der Waals surface area (Å²) < 4.78 is 12.2. The summed E-state index contributed by atoms with van der Waals surface area (Å²) in [4.78, 5) is 0.719. The smallest absolute Gasteiger partial charge is 0.0994 e. The normalized spacial score (nSPS) is 11.7. The lowest BCUT2D eigenvalue weighted by Crippen LogP contribution is -1.99. The molecular formula is C14H12N2OS. The molecule has 0 aromatic heterocycles. The fourth-order valence-corrected chi connectivity index (χ4v) is 2.74. The van der Waals surface area contributed by atoms with Gasteiger partial charge in [-0.05, 0) is 35.9 Å². The van der Waals surface area contributed by atoms with Gasteiger partial charge >= 0.3 is 0 Å². The maximum Gasteiger partial charge on any atom is 0.0994 e. The molecule has 4 heteroatoms. The van der Waals surface area contributed by atoms with Crippen molar-refractivity contribution < 1.29 is 4.21 Å². The maximum atomic E-state index is 12.2. The molecule has 1 unspecified atom stereocenters. The third-order valence-electron chi connectivity index (χ3n) is 2.57. The standard InChI is InChI=1S/C14H12N2OS/c15-9-11-3-1-2-4-12(11)10-18(17)14-7-5-13(16)6-8-14/h1-8H,10,16H2. The lowest BCUT2D eigenvalue weighted by atomic mass is 10.1. The number of nitrogens with zero attached hydrogens (tertiary/aromatic N) is 1. The van der Waals surface area contributed by atoms with Crippen LogP contribution < -0.4 is 5.73 Å². The second-order valence-corrected chi connectivity index (χ2v) is 5.28. The number of nitriles is 1. The highest BCUT2D eigenvalue weighted by Crippen LogP contribution is 2.16. The van der Waals surface area contributed by atoms with Gasteiger partial charge in [0.2, 0.25) is 0 Å². The Morgan fingerprint density at radius 3 is 2.44 bits per heavy atom. The van der Waals surface area contributed by atoms with Crippen molar-refractivity contribution in [2.45, 2.75) is 10.6 Å². The summed E-state index contributed by atoms with van der Waals surface area (Å²) in [5.41, 5.74) is 7.60. The molecule has 2 rings (SSSR count). The van der Waals surface area contributed by atoms with E-state index in [9.17, 15) is 4.21 Å². The summed E-state index contributed by atoms with van der Waals surface area (Å²) in [6.07, 6.45) is 0. The van der Waals surface area contributed by atoms with Crippen molar-refractivity contribution in [3.63, 3.8) is 0 Å². The minimum Gasteiger partial charge on any atom is -0.399 e. The number of hydrogen-bond acceptors (Lipinski definition) is 3. The second-order valence-electron chi connectivity index (χ2n) is 3.83. The topological polar surface area (TPSA) is 66.9 Å². The third kappa shape index (κ3) is 2.76. The molecule has 0 saturated heterocycles. The Kier molecular flexibility index (Phi) is 3.75. The van der Waals surface area contributed by atoms with Gasteiger partial charge in [0, 0.05) is 10.6 Å². The van der Waals surface area contributed by atoms with Crippen LogP contribution in [0.5, 0.6) is 0 Å². The molecule has 0 fully saturated rings. The van der Waals surface area contributed by atoms with Gasteiger partial charge in [-0.1, -0.05) is 18.2 Å². The van der Waals surface area contributed by atoms with Crippen LogP contribution in [0.15, 0.2) is 53.4 Å². The minimum absolute atomic E-state index is 0.341. The van der Waals surface area contributed by atoms with Crippen molar-refractivity contribution in [3.05, 3.63) is 59.7 Å². The molecule has 0 saturated carbocycles. The van der Waals surface area contributed by atoms with Gasteiger partial charge in [0.1, 0.15) is 0 Å². The number of nitrogens with two attached hydrogens (primary N) is 1. The molecule has 0 amide bonds. The van der Waals surface area contributed by atoms with Gasteiger partial charge in [0.15, 0.2) is 0 Å². The Hall–Kier alpha value is -2.12. The molecule has 2 N–H and O–H groups in total. The first-order valence-corrected chi connectivity index (χ1v) is 6.74. The van der Waals surface area contributed by atoms with Crippen LogP contribution in [0.1, 0.15) is 11.1 Å². The highest BCUT2D eigenvalue weighted by molar-refractivity contribution is 7.84. The van der Waals surface area contributed by atoms with E-state index < -0.39 is 10.8 Å². The van der Waals surface area contributed by atoms with E-state index in [-0.39, 0.29) is 0 Å². The zero-order valence-electron chi connectivity index (χ0n) is 9.67. The highest BCUT2D eigenvalue weighted by Gasteiger charge is 2.08. The van der Waals surface area contributed by atoms with Gasteiger partial charge in [-0.25, -0.2) is 0 Å². The Bertz CT molecular complexity index is 614. The van der Waals surface area contributed by atoms with Crippen LogP contribution in [0.4, 0.5) is 5.69 Å². The van der Waals surface area contributed by atoms with Crippen molar-refractivity contribution in [2.75, 3.05) is 5.73 Å². The Morgan fingerprint density at radius 2 is 1.78 bits per heavy atom. The first-order chi connectivity index (χ1) is 8.70. The summed E-state index contributed by atoms with van der Waals surface area (Å²) in [7, 11) is -1.16. The molecule has 2 aromatic carbocycles. The quantitative estimate of drug-likeness (QED) is 0.858. The highest BCUT2D eigenvalue weighted by atomic mass is 32.2. The van der Waals surface area contributed by atoms with E-state index >= 15 is 0 Å². The third-order valence-corrected chi connectivity index (χ3v) is 3.94.